The zero-order valence-electron chi connectivity index (χ0n) is 13.4. The van der Waals surface area contributed by atoms with Gasteiger partial charge in [0.1, 0.15) is 19.0 Å². The van der Waals surface area contributed by atoms with E-state index in [1.165, 1.54) is 19.3 Å². The van der Waals surface area contributed by atoms with Crippen molar-refractivity contribution < 1.29 is 9.53 Å². The van der Waals surface area contributed by atoms with E-state index in [9.17, 15) is 4.79 Å². The third kappa shape index (κ3) is 4.65. The molecule has 0 radical (unpaired) electrons. The van der Waals surface area contributed by atoms with E-state index in [1.807, 2.05) is 30.3 Å². The standard InChI is InChI=1S/C18H23N3O2/c22-17(23-16-11-7-2-1-3-8-12-16)13-21-14-19-18(20-21)15-9-5-4-6-10-15/h4-6,9-10,14,16H,1-3,7-8,11-13H2. The quantitative estimate of drug-likeness (QED) is 0.809. The summed E-state index contributed by atoms with van der Waals surface area (Å²) in [7, 11) is 0. The number of hydrogen-bond donors (Lipinski definition) is 0. The van der Waals surface area contributed by atoms with Crippen LogP contribution in [0, 0.1) is 0 Å². The van der Waals surface area contributed by atoms with Crippen molar-refractivity contribution >= 4 is 5.97 Å². The van der Waals surface area contributed by atoms with Crippen LogP contribution >= 0.6 is 0 Å². The summed E-state index contributed by atoms with van der Waals surface area (Å²) in [5.41, 5.74) is 0.944. The molecule has 1 saturated carbocycles. The second-order valence-corrected chi connectivity index (χ2v) is 6.09. The molecule has 0 amide bonds. The molecular weight excluding hydrogens is 290 g/mol. The number of aromatic nitrogens is 3. The molecule has 1 aliphatic rings. The number of carbonyl (C=O) groups is 1. The largest absolute Gasteiger partial charge is 0.461 e. The van der Waals surface area contributed by atoms with Crippen molar-refractivity contribution in [2.45, 2.75) is 57.6 Å². The van der Waals surface area contributed by atoms with Crippen LogP contribution in [0.3, 0.4) is 0 Å². The SMILES string of the molecule is O=C(Cn1cnc(-c2ccccc2)n1)OC1CCCCCCC1. The van der Waals surface area contributed by atoms with Gasteiger partial charge in [0, 0.05) is 5.56 Å². The van der Waals surface area contributed by atoms with E-state index in [2.05, 4.69) is 10.1 Å². The predicted molar refractivity (Wildman–Crippen MR) is 87.7 cm³/mol. The van der Waals surface area contributed by atoms with E-state index >= 15 is 0 Å². The van der Waals surface area contributed by atoms with Crippen LogP contribution in [0.2, 0.25) is 0 Å². The molecule has 3 rings (SSSR count). The van der Waals surface area contributed by atoms with Gasteiger partial charge in [-0.05, 0) is 25.7 Å². The molecule has 1 aromatic carbocycles. The van der Waals surface area contributed by atoms with Gasteiger partial charge in [0.2, 0.25) is 0 Å². The molecule has 0 bridgehead atoms. The van der Waals surface area contributed by atoms with Crippen molar-refractivity contribution in [3.8, 4) is 11.4 Å². The second-order valence-electron chi connectivity index (χ2n) is 6.09. The molecule has 122 valence electrons. The summed E-state index contributed by atoms with van der Waals surface area (Å²) >= 11 is 0. The summed E-state index contributed by atoms with van der Waals surface area (Å²) in [6.07, 6.45) is 9.73. The van der Waals surface area contributed by atoms with Gasteiger partial charge in [-0.15, -0.1) is 0 Å². The summed E-state index contributed by atoms with van der Waals surface area (Å²) in [6.45, 7) is 0.121. The minimum atomic E-state index is -0.222. The zero-order chi connectivity index (χ0) is 15.9. The highest BCUT2D eigenvalue weighted by Crippen LogP contribution is 2.19. The Hall–Kier alpha value is -2.17. The van der Waals surface area contributed by atoms with Crippen LogP contribution in [0.1, 0.15) is 44.9 Å². The lowest BCUT2D eigenvalue weighted by Crippen LogP contribution is -2.22. The Morgan fingerprint density at radius 1 is 1.09 bits per heavy atom. The van der Waals surface area contributed by atoms with Crippen LogP contribution < -0.4 is 0 Å². The number of ether oxygens (including phenoxy) is 1. The van der Waals surface area contributed by atoms with Gasteiger partial charge in [-0.3, -0.25) is 4.79 Å². The second kappa shape index (κ2) is 7.90. The fourth-order valence-electron chi connectivity index (χ4n) is 2.98. The Balaban J connectivity index is 1.54. The van der Waals surface area contributed by atoms with E-state index in [1.54, 1.807) is 11.0 Å². The number of nitrogens with zero attached hydrogens (tertiary/aromatic N) is 3. The lowest BCUT2D eigenvalue weighted by Gasteiger charge is -2.20. The Labute approximate surface area is 136 Å². The lowest BCUT2D eigenvalue weighted by atomic mass is 9.99. The van der Waals surface area contributed by atoms with Gasteiger partial charge in [-0.25, -0.2) is 9.67 Å². The maximum Gasteiger partial charge on any atom is 0.328 e. The Kier molecular flexibility index (Phi) is 5.40. The first kappa shape index (κ1) is 15.7. The molecule has 0 N–H and O–H groups in total. The van der Waals surface area contributed by atoms with Gasteiger partial charge in [-0.1, -0.05) is 49.6 Å². The Morgan fingerprint density at radius 3 is 2.52 bits per heavy atom. The molecule has 1 aliphatic carbocycles. The molecule has 0 spiro atoms. The molecule has 0 unspecified atom stereocenters. The lowest BCUT2D eigenvalue weighted by molar-refractivity contribution is -0.151. The van der Waals surface area contributed by atoms with Crippen LogP contribution in [-0.2, 0) is 16.1 Å². The van der Waals surface area contributed by atoms with Crippen molar-refractivity contribution in [1.82, 2.24) is 14.8 Å². The van der Waals surface area contributed by atoms with Crippen molar-refractivity contribution in [2.75, 3.05) is 0 Å². The summed E-state index contributed by atoms with van der Waals surface area (Å²) in [6, 6.07) is 9.74. The van der Waals surface area contributed by atoms with E-state index in [-0.39, 0.29) is 18.6 Å². The molecular formula is C18H23N3O2. The molecule has 5 nitrogen and oxygen atoms in total. The molecule has 0 atom stereocenters. The molecule has 1 aromatic heterocycles. The fraction of sp³-hybridized carbons (Fsp3) is 0.500. The third-order valence-corrected chi connectivity index (χ3v) is 4.21. The van der Waals surface area contributed by atoms with E-state index < -0.39 is 0 Å². The van der Waals surface area contributed by atoms with E-state index in [0.717, 1.165) is 31.2 Å². The van der Waals surface area contributed by atoms with Crippen LogP contribution in [-0.4, -0.2) is 26.8 Å². The summed E-state index contributed by atoms with van der Waals surface area (Å²) < 4.78 is 7.17. The van der Waals surface area contributed by atoms with Crippen LogP contribution in [0.4, 0.5) is 0 Å². The van der Waals surface area contributed by atoms with Crippen molar-refractivity contribution in [3.05, 3.63) is 36.7 Å². The summed E-state index contributed by atoms with van der Waals surface area (Å²) in [5, 5.41) is 4.35. The third-order valence-electron chi connectivity index (χ3n) is 4.21. The number of hydrogen-bond acceptors (Lipinski definition) is 4. The predicted octanol–water partition coefficient (Wildman–Crippen LogP) is 3.60. The monoisotopic (exact) mass is 313 g/mol. The molecule has 1 heterocycles. The van der Waals surface area contributed by atoms with Crippen molar-refractivity contribution in [2.24, 2.45) is 0 Å². The number of benzene rings is 1. The molecule has 23 heavy (non-hydrogen) atoms. The van der Waals surface area contributed by atoms with Crippen LogP contribution in [0.15, 0.2) is 36.7 Å². The number of esters is 1. The van der Waals surface area contributed by atoms with Gasteiger partial charge in [-0.2, -0.15) is 5.10 Å². The van der Waals surface area contributed by atoms with Gasteiger partial charge in [0.15, 0.2) is 5.82 Å². The average molecular weight is 313 g/mol. The van der Waals surface area contributed by atoms with Gasteiger partial charge >= 0.3 is 5.97 Å². The molecule has 0 saturated heterocycles. The summed E-state index contributed by atoms with van der Waals surface area (Å²) in [5.74, 6) is 0.407. The van der Waals surface area contributed by atoms with E-state index in [0.29, 0.717) is 5.82 Å². The highest BCUT2D eigenvalue weighted by molar-refractivity contribution is 5.69. The topological polar surface area (TPSA) is 57.0 Å². The van der Waals surface area contributed by atoms with Gasteiger partial charge in [0.25, 0.3) is 0 Å². The molecule has 5 heteroatoms. The Bertz CT molecular complexity index is 616. The number of rotatable bonds is 4. The minimum absolute atomic E-state index is 0.0694. The van der Waals surface area contributed by atoms with Gasteiger partial charge in [0.05, 0.1) is 0 Å². The molecule has 0 aliphatic heterocycles. The normalized spacial score (nSPS) is 16.5. The first-order valence-corrected chi connectivity index (χ1v) is 8.45. The zero-order valence-corrected chi connectivity index (χ0v) is 13.4. The molecule has 1 fully saturated rings. The maximum atomic E-state index is 12.1. The fourth-order valence-corrected chi connectivity index (χ4v) is 2.98. The first-order valence-electron chi connectivity index (χ1n) is 8.45. The minimum Gasteiger partial charge on any atom is -0.461 e. The Morgan fingerprint density at radius 2 is 1.78 bits per heavy atom. The van der Waals surface area contributed by atoms with Crippen molar-refractivity contribution in [3.63, 3.8) is 0 Å². The highest BCUT2D eigenvalue weighted by Gasteiger charge is 2.17. The maximum absolute atomic E-state index is 12.1. The smallest absolute Gasteiger partial charge is 0.328 e. The highest BCUT2D eigenvalue weighted by atomic mass is 16.5. The molecule has 2 aromatic rings. The van der Waals surface area contributed by atoms with Crippen LogP contribution in [0.5, 0.6) is 0 Å². The van der Waals surface area contributed by atoms with Crippen molar-refractivity contribution in [1.29, 1.82) is 0 Å². The van der Waals surface area contributed by atoms with Crippen LogP contribution in [0.25, 0.3) is 11.4 Å². The number of carbonyl (C=O) groups excluding carboxylic acids is 1. The van der Waals surface area contributed by atoms with Gasteiger partial charge < -0.3 is 4.74 Å². The average Bonchev–Trinajstić information content (AvgIpc) is 2.99. The first-order chi connectivity index (χ1) is 11.3. The van der Waals surface area contributed by atoms with E-state index in [4.69, 9.17) is 4.74 Å². The summed E-state index contributed by atoms with van der Waals surface area (Å²) in [4.78, 5) is 16.4.